The Hall–Kier alpha value is -1.81. The SMILES string of the molecule is Cc1cccc(N2CCN(c3nnc(Cl)c(C)c3C)CC2)c1. The fourth-order valence-electron chi connectivity index (χ4n) is 2.87. The predicted molar refractivity (Wildman–Crippen MR) is 92.1 cm³/mol. The molecule has 0 aliphatic carbocycles. The maximum Gasteiger partial charge on any atom is 0.155 e. The van der Waals surface area contributed by atoms with E-state index in [0.717, 1.165) is 43.1 Å². The second-order valence-corrected chi connectivity index (χ2v) is 6.24. The highest BCUT2D eigenvalue weighted by atomic mass is 35.5. The van der Waals surface area contributed by atoms with Gasteiger partial charge in [-0.15, -0.1) is 10.2 Å². The molecular weight excluding hydrogens is 296 g/mol. The summed E-state index contributed by atoms with van der Waals surface area (Å²) in [6.45, 7) is 10.1. The fraction of sp³-hybridized carbons (Fsp3) is 0.412. The van der Waals surface area contributed by atoms with Crippen LogP contribution in [0.25, 0.3) is 0 Å². The molecule has 0 amide bonds. The number of benzene rings is 1. The normalized spacial score (nSPS) is 15.3. The first kappa shape index (κ1) is 15.1. The number of nitrogens with zero attached hydrogens (tertiary/aromatic N) is 4. The number of aryl methyl sites for hydroxylation is 1. The van der Waals surface area contributed by atoms with Crippen molar-refractivity contribution in [3.63, 3.8) is 0 Å². The van der Waals surface area contributed by atoms with Gasteiger partial charge < -0.3 is 9.80 Å². The fourth-order valence-corrected chi connectivity index (χ4v) is 3.04. The molecule has 1 aromatic heterocycles. The predicted octanol–water partition coefficient (Wildman–Crippen LogP) is 3.38. The van der Waals surface area contributed by atoms with E-state index >= 15 is 0 Å². The lowest BCUT2D eigenvalue weighted by Gasteiger charge is -2.37. The molecule has 1 aliphatic heterocycles. The first-order valence-corrected chi connectivity index (χ1v) is 8.00. The van der Waals surface area contributed by atoms with E-state index in [1.807, 2.05) is 6.92 Å². The van der Waals surface area contributed by atoms with Gasteiger partial charge in [0.05, 0.1) is 0 Å². The smallest absolute Gasteiger partial charge is 0.155 e. The van der Waals surface area contributed by atoms with Gasteiger partial charge in [0, 0.05) is 31.9 Å². The maximum absolute atomic E-state index is 6.04. The van der Waals surface area contributed by atoms with Crippen LogP contribution < -0.4 is 9.80 Å². The second-order valence-electron chi connectivity index (χ2n) is 5.88. The average Bonchev–Trinajstić information content (AvgIpc) is 2.53. The zero-order chi connectivity index (χ0) is 15.7. The van der Waals surface area contributed by atoms with Crippen LogP contribution in [0.5, 0.6) is 0 Å². The van der Waals surface area contributed by atoms with Crippen LogP contribution in [0.4, 0.5) is 11.5 Å². The van der Waals surface area contributed by atoms with Gasteiger partial charge in [-0.1, -0.05) is 23.7 Å². The maximum atomic E-state index is 6.04. The number of hydrogen-bond acceptors (Lipinski definition) is 4. The Morgan fingerprint density at radius 1 is 0.909 bits per heavy atom. The van der Waals surface area contributed by atoms with E-state index in [-0.39, 0.29) is 0 Å². The molecule has 4 nitrogen and oxygen atoms in total. The van der Waals surface area contributed by atoms with Gasteiger partial charge in [0.15, 0.2) is 11.0 Å². The van der Waals surface area contributed by atoms with Gasteiger partial charge in [-0.3, -0.25) is 0 Å². The molecule has 2 heterocycles. The molecule has 2 aromatic rings. The Morgan fingerprint density at radius 2 is 1.59 bits per heavy atom. The summed E-state index contributed by atoms with van der Waals surface area (Å²) in [6, 6.07) is 8.68. The molecule has 0 bridgehead atoms. The highest BCUT2D eigenvalue weighted by Crippen LogP contribution is 2.25. The standard InChI is InChI=1S/C17H21ClN4/c1-12-5-4-6-15(11-12)21-7-9-22(10-8-21)17-14(3)13(2)16(18)19-20-17/h4-6,11H,7-10H2,1-3H3. The summed E-state index contributed by atoms with van der Waals surface area (Å²) in [5.41, 5.74) is 4.75. The summed E-state index contributed by atoms with van der Waals surface area (Å²) in [7, 11) is 0. The molecule has 0 radical (unpaired) electrons. The van der Waals surface area contributed by atoms with Crippen molar-refractivity contribution in [2.45, 2.75) is 20.8 Å². The molecule has 0 N–H and O–H groups in total. The number of rotatable bonds is 2. The topological polar surface area (TPSA) is 32.3 Å². The Balaban J connectivity index is 1.73. The number of piperazine rings is 1. The minimum atomic E-state index is 0.500. The summed E-state index contributed by atoms with van der Waals surface area (Å²) >= 11 is 6.04. The lowest BCUT2D eigenvalue weighted by atomic mass is 10.1. The largest absolute Gasteiger partial charge is 0.368 e. The van der Waals surface area contributed by atoms with Crippen molar-refractivity contribution in [1.29, 1.82) is 0 Å². The van der Waals surface area contributed by atoms with E-state index in [0.29, 0.717) is 5.15 Å². The third kappa shape index (κ3) is 2.88. The monoisotopic (exact) mass is 316 g/mol. The molecule has 1 aliphatic rings. The van der Waals surface area contributed by atoms with Gasteiger partial charge >= 0.3 is 0 Å². The van der Waals surface area contributed by atoms with Crippen molar-refractivity contribution in [1.82, 2.24) is 10.2 Å². The van der Waals surface area contributed by atoms with Crippen molar-refractivity contribution in [3.8, 4) is 0 Å². The van der Waals surface area contributed by atoms with Crippen LogP contribution in [0.1, 0.15) is 16.7 Å². The van der Waals surface area contributed by atoms with Crippen LogP contribution in [0.3, 0.4) is 0 Å². The zero-order valence-electron chi connectivity index (χ0n) is 13.3. The number of hydrogen-bond donors (Lipinski definition) is 0. The van der Waals surface area contributed by atoms with Gasteiger partial charge in [-0.2, -0.15) is 0 Å². The summed E-state index contributed by atoms with van der Waals surface area (Å²) in [4.78, 5) is 4.73. The van der Waals surface area contributed by atoms with E-state index in [9.17, 15) is 0 Å². The zero-order valence-corrected chi connectivity index (χ0v) is 14.1. The van der Waals surface area contributed by atoms with E-state index in [1.165, 1.54) is 11.3 Å². The minimum Gasteiger partial charge on any atom is -0.368 e. The Kier molecular flexibility index (Phi) is 4.21. The van der Waals surface area contributed by atoms with Crippen molar-refractivity contribution in [2.24, 2.45) is 0 Å². The summed E-state index contributed by atoms with van der Waals surface area (Å²) < 4.78 is 0. The first-order chi connectivity index (χ1) is 10.6. The van der Waals surface area contributed by atoms with Crippen LogP contribution in [-0.2, 0) is 0 Å². The summed E-state index contributed by atoms with van der Waals surface area (Å²) in [6.07, 6.45) is 0. The van der Waals surface area contributed by atoms with Crippen LogP contribution in [0, 0.1) is 20.8 Å². The molecule has 1 fully saturated rings. The van der Waals surface area contributed by atoms with Crippen molar-refractivity contribution in [3.05, 3.63) is 46.1 Å². The molecule has 1 saturated heterocycles. The highest BCUT2D eigenvalue weighted by molar-refractivity contribution is 6.30. The molecule has 116 valence electrons. The number of anilines is 2. The first-order valence-electron chi connectivity index (χ1n) is 7.62. The number of aromatic nitrogens is 2. The third-order valence-electron chi connectivity index (χ3n) is 4.39. The van der Waals surface area contributed by atoms with Crippen molar-refractivity contribution < 1.29 is 0 Å². The van der Waals surface area contributed by atoms with Crippen LogP contribution in [0.2, 0.25) is 5.15 Å². The molecule has 0 unspecified atom stereocenters. The van der Waals surface area contributed by atoms with Crippen molar-refractivity contribution >= 4 is 23.1 Å². The van der Waals surface area contributed by atoms with Crippen LogP contribution in [-0.4, -0.2) is 36.4 Å². The van der Waals surface area contributed by atoms with Crippen LogP contribution in [0.15, 0.2) is 24.3 Å². The average molecular weight is 317 g/mol. The van der Waals surface area contributed by atoms with E-state index < -0.39 is 0 Å². The van der Waals surface area contributed by atoms with Gasteiger partial charge in [0.2, 0.25) is 0 Å². The number of halogens is 1. The van der Waals surface area contributed by atoms with E-state index in [1.54, 1.807) is 0 Å². The van der Waals surface area contributed by atoms with Gasteiger partial charge in [-0.05, 0) is 49.6 Å². The molecule has 0 saturated carbocycles. The minimum absolute atomic E-state index is 0.500. The van der Waals surface area contributed by atoms with E-state index in [2.05, 4.69) is 58.1 Å². The quantitative estimate of drug-likeness (QED) is 0.850. The third-order valence-corrected chi connectivity index (χ3v) is 4.74. The highest BCUT2D eigenvalue weighted by Gasteiger charge is 2.21. The molecule has 0 atom stereocenters. The Labute approximate surface area is 136 Å². The molecule has 0 spiro atoms. The Morgan fingerprint density at radius 3 is 2.27 bits per heavy atom. The molecular formula is C17H21ClN4. The molecule has 1 aromatic carbocycles. The summed E-state index contributed by atoms with van der Waals surface area (Å²) in [5, 5.41) is 8.86. The van der Waals surface area contributed by atoms with Gasteiger partial charge in [0.25, 0.3) is 0 Å². The van der Waals surface area contributed by atoms with Gasteiger partial charge in [-0.25, -0.2) is 0 Å². The second kappa shape index (κ2) is 6.13. The molecule has 22 heavy (non-hydrogen) atoms. The summed E-state index contributed by atoms with van der Waals surface area (Å²) in [5.74, 6) is 0.964. The van der Waals surface area contributed by atoms with Crippen molar-refractivity contribution in [2.75, 3.05) is 36.0 Å². The van der Waals surface area contributed by atoms with Crippen LogP contribution >= 0.6 is 11.6 Å². The van der Waals surface area contributed by atoms with E-state index in [4.69, 9.17) is 11.6 Å². The lowest BCUT2D eigenvalue weighted by molar-refractivity contribution is 0.641. The molecule has 3 rings (SSSR count). The van der Waals surface area contributed by atoms with Gasteiger partial charge in [0.1, 0.15) is 0 Å². The lowest BCUT2D eigenvalue weighted by Crippen LogP contribution is -2.47. The Bertz CT molecular complexity index is 678. The molecule has 5 heteroatoms.